The van der Waals surface area contributed by atoms with Gasteiger partial charge in [0.25, 0.3) is 0 Å². The fourth-order valence-electron chi connectivity index (χ4n) is 3.92. The Morgan fingerprint density at radius 3 is 2.67 bits per heavy atom. The van der Waals surface area contributed by atoms with Gasteiger partial charge in [-0.1, -0.05) is 23.7 Å². The monoisotopic (exact) mass is 422 g/mol. The quantitative estimate of drug-likeness (QED) is 0.538. The van der Waals surface area contributed by atoms with Gasteiger partial charge in [0.2, 0.25) is 6.23 Å². The summed E-state index contributed by atoms with van der Waals surface area (Å²) in [6.07, 6.45) is 0.240. The van der Waals surface area contributed by atoms with Crippen LogP contribution in [-0.4, -0.2) is 23.8 Å². The van der Waals surface area contributed by atoms with E-state index in [1.165, 1.54) is 7.11 Å². The molecule has 0 spiro atoms. The van der Waals surface area contributed by atoms with Gasteiger partial charge in [-0.25, -0.2) is 9.80 Å². The van der Waals surface area contributed by atoms with Crippen molar-refractivity contribution in [2.75, 3.05) is 7.11 Å². The van der Waals surface area contributed by atoms with E-state index < -0.39 is 6.23 Å². The molecular weight excluding hydrogens is 404 g/mol. The number of benzene rings is 2. The van der Waals surface area contributed by atoms with Crippen LogP contribution < -0.4 is 4.74 Å². The molecule has 0 bridgehead atoms. The van der Waals surface area contributed by atoms with Gasteiger partial charge in [0.15, 0.2) is 0 Å². The zero-order chi connectivity index (χ0) is 20.8. The van der Waals surface area contributed by atoms with Gasteiger partial charge in [-0.3, -0.25) is 0 Å². The van der Waals surface area contributed by atoms with Crippen molar-refractivity contribution in [3.05, 3.63) is 87.8 Å². The molecule has 0 fully saturated rings. The number of carbonyl (C=O) groups excluding carboxylic acids is 1. The molecular formula is C23H19ClN2O4. The van der Waals surface area contributed by atoms with E-state index in [4.69, 9.17) is 30.6 Å². The third-order valence-electron chi connectivity index (χ3n) is 5.39. The minimum absolute atomic E-state index is 0.0295. The topological polar surface area (TPSA) is 64.3 Å². The SMILES string of the molecule is COC(=O)c1ccc([C@@H]2Oc3ccc(Cl)cc3[C@H]3CC(c4ccc(C)o4)=NN32)cc1. The third kappa shape index (κ3) is 3.13. The highest BCUT2D eigenvalue weighted by Crippen LogP contribution is 2.48. The minimum atomic E-state index is -0.441. The van der Waals surface area contributed by atoms with E-state index in [1.807, 2.05) is 54.4 Å². The number of carbonyl (C=O) groups is 1. The molecule has 2 aromatic carbocycles. The largest absolute Gasteiger partial charge is 0.465 e. The Hall–Kier alpha value is -3.25. The number of aryl methyl sites for hydroxylation is 1. The van der Waals surface area contributed by atoms with Crippen LogP contribution in [0, 0.1) is 6.92 Å². The van der Waals surface area contributed by atoms with Gasteiger partial charge in [-0.2, -0.15) is 5.10 Å². The van der Waals surface area contributed by atoms with Crippen LogP contribution in [0.15, 0.2) is 64.1 Å². The Kier molecular flexibility index (Phi) is 4.51. The van der Waals surface area contributed by atoms with Gasteiger partial charge in [0, 0.05) is 22.6 Å². The summed E-state index contributed by atoms with van der Waals surface area (Å²) in [7, 11) is 1.37. The number of hydrogen-bond donors (Lipinski definition) is 0. The van der Waals surface area contributed by atoms with Crippen molar-refractivity contribution in [3.8, 4) is 5.75 Å². The molecule has 2 aliphatic rings. The second-order valence-corrected chi connectivity index (χ2v) is 7.76. The molecule has 7 heteroatoms. The average molecular weight is 423 g/mol. The number of nitrogens with zero attached hydrogens (tertiary/aromatic N) is 2. The average Bonchev–Trinajstić information content (AvgIpc) is 3.39. The maximum atomic E-state index is 11.8. The van der Waals surface area contributed by atoms with Gasteiger partial charge in [-0.15, -0.1) is 0 Å². The van der Waals surface area contributed by atoms with Crippen LogP contribution >= 0.6 is 11.6 Å². The van der Waals surface area contributed by atoms with Crippen molar-refractivity contribution in [3.63, 3.8) is 0 Å². The lowest BCUT2D eigenvalue weighted by Gasteiger charge is -2.38. The van der Waals surface area contributed by atoms with Crippen molar-refractivity contribution in [1.29, 1.82) is 0 Å². The molecule has 0 radical (unpaired) electrons. The van der Waals surface area contributed by atoms with E-state index in [2.05, 4.69) is 0 Å². The molecule has 2 aliphatic heterocycles. The maximum Gasteiger partial charge on any atom is 0.337 e. The molecule has 6 nitrogen and oxygen atoms in total. The number of rotatable bonds is 3. The van der Waals surface area contributed by atoms with E-state index in [1.54, 1.807) is 12.1 Å². The van der Waals surface area contributed by atoms with Crippen molar-refractivity contribution in [2.45, 2.75) is 25.6 Å². The predicted molar refractivity (Wildman–Crippen MR) is 112 cm³/mol. The first-order valence-electron chi connectivity index (χ1n) is 9.60. The maximum absolute atomic E-state index is 11.8. The summed E-state index contributed by atoms with van der Waals surface area (Å²) in [5.74, 6) is 1.99. The van der Waals surface area contributed by atoms with Crippen LogP contribution in [-0.2, 0) is 4.74 Å². The van der Waals surface area contributed by atoms with Crippen molar-refractivity contribution < 1.29 is 18.7 Å². The molecule has 0 saturated carbocycles. The van der Waals surface area contributed by atoms with Gasteiger partial charge < -0.3 is 13.9 Å². The number of furan rings is 1. The van der Waals surface area contributed by atoms with Crippen LogP contribution in [0.3, 0.4) is 0 Å². The minimum Gasteiger partial charge on any atom is -0.465 e. The second kappa shape index (κ2) is 7.22. The first-order valence-corrected chi connectivity index (χ1v) is 9.98. The molecule has 0 N–H and O–H groups in total. The Morgan fingerprint density at radius 2 is 1.97 bits per heavy atom. The molecule has 5 rings (SSSR count). The smallest absolute Gasteiger partial charge is 0.337 e. The van der Waals surface area contributed by atoms with Crippen LogP contribution in [0.2, 0.25) is 5.02 Å². The molecule has 0 amide bonds. The summed E-state index contributed by atoms with van der Waals surface area (Å²) in [5.41, 5.74) is 3.22. The zero-order valence-corrected chi connectivity index (χ0v) is 17.2. The number of methoxy groups -OCH3 is 1. The summed E-state index contributed by atoms with van der Waals surface area (Å²) in [6.45, 7) is 1.91. The highest BCUT2D eigenvalue weighted by Gasteiger charge is 2.41. The second-order valence-electron chi connectivity index (χ2n) is 7.32. The highest BCUT2D eigenvalue weighted by molar-refractivity contribution is 6.30. The van der Waals surface area contributed by atoms with Gasteiger partial charge >= 0.3 is 5.97 Å². The molecule has 0 aliphatic carbocycles. The fraction of sp³-hybridized carbons (Fsp3) is 0.217. The van der Waals surface area contributed by atoms with E-state index in [0.717, 1.165) is 34.1 Å². The van der Waals surface area contributed by atoms with Crippen molar-refractivity contribution in [2.24, 2.45) is 5.10 Å². The summed E-state index contributed by atoms with van der Waals surface area (Å²) < 4.78 is 16.9. The number of esters is 1. The lowest BCUT2D eigenvalue weighted by Crippen LogP contribution is -2.33. The Labute approximate surface area is 178 Å². The molecule has 3 aromatic rings. The molecule has 0 saturated heterocycles. The molecule has 30 heavy (non-hydrogen) atoms. The Bertz CT molecular complexity index is 1150. The van der Waals surface area contributed by atoms with Crippen LogP contribution in [0.5, 0.6) is 5.75 Å². The van der Waals surface area contributed by atoms with E-state index in [-0.39, 0.29) is 12.0 Å². The molecule has 1 aromatic heterocycles. The first-order chi connectivity index (χ1) is 14.5. The van der Waals surface area contributed by atoms with Crippen molar-refractivity contribution in [1.82, 2.24) is 5.01 Å². The summed E-state index contributed by atoms with van der Waals surface area (Å²) in [5, 5.41) is 7.45. The third-order valence-corrected chi connectivity index (χ3v) is 5.63. The Balaban J connectivity index is 1.56. The summed E-state index contributed by atoms with van der Waals surface area (Å²) in [6, 6.07) is 16.7. The van der Waals surface area contributed by atoms with E-state index in [9.17, 15) is 4.79 Å². The lowest BCUT2D eigenvalue weighted by molar-refractivity contribution is -0.0190. The van der Waals surface area contributed by atoms with E-state index >= 15 is 0 Å². The molecule has 3 heterocycles. The zero-order valence-electron chi connectivity index (χ0n) is 16.5. The van der Waals surface area contributed by atoms with Crippen LogP contribution in [0.4, 0.5) is 0 Å². The predicted octanol–water partition coefficient (Wildman–Crippen LogP) is 5.27. The Morgan fingerprint density at radius 1 is 1.17 bits per heavy atom. The number of ether oxygens (including phenoxy) is 2. The number of fused-ring (bicyclic) bond motifs is 3. The number of hydrazone groups is 1. The van der Waals surface area contributed by atoms with Crippen LogP contribution in [0.25, 0.3) is 0 Å². The number of halogens is 1. The van der Waals surface area contributed by atoms with E-state index in [0.29, 0.717) is 17.0 Å². The summed E-state index contributed by atoms with van der Waals surface area (Å²) >= 11 is 6.26. The number of hydrogen-bond acceptors (Lipinski definition) is 6. The lowest BCUT2D eigenvalue weighted by atomic mass is 9.97. The fourth-order valence-corrected chi connectivity index (χ4v) is 4.10. The molecule has 2 atom stereocenters. The standard InChI is InChI=1S/C23H19ClN2O4/c1-13-3-9-21(29-13)18-12-19-17-11-16(24)8-10-20(17)30-22(26(19)25-18)14-4-6-15(7-5-14)23(27)28-2/h3-11,19,22H,12H2,1-2H3/t19-,22+/m1/s1. The van der Waals surface area contributed by atoms with Crippen LogP contribution in [0.1, 0.15) is 51.7 Å². The molecule has 0 unspecified atom stereocenters. The first kappa shape index (κ1) is 18.8. The van der Waals surface area contributed by atoms with Gasteiger partial charge in [0.05, 0.1) is 18.7 Å². The molecule has 152 valence electrons. The summed E-state index contributed by atoms with van der Waals surface area (Å²) in [4.78, 5) is 11.8. The van der Waals surface area contributed by atoms with Crippen molar-refractivity contribution >= 4 is 23.3 Å². The normalized spacial score (nSPS) is 19.6. The highest BCUT2D eigenvalue weighted by atomic mass is 35.5. The van der Waals surface area contributed by atoms with Gasteiger partial charge in [-0.05, 0) is 49.4 Å². The van der Waals surface area contributed by atoms with Gasteiger partial charge in [0.1, 0.15) is 23.0 Å².